The molecular weight excluding hydrogens is 382 g/mol. The molecule has 1 aromatic heterocycles. The molecular formula is C21H33N7O2. The first-order valence-electron chi connectivity index (χ1n) is 10.4. The van der Waals surface area contributed by atoms with Crippen molar-refractivity contribution in [3.8, 4) is 5.75 Å². The van der Waals surface area contributed by atoms with Crippen LogP contribution in [0.2, 0.25) is 0 Å². The van der Waals surface area contributed by atoms with Gasteiger partial charge in [0.05, 0.1) is 13.7 Å². The number of guanidine groups is 1. The number of aryl methyl sites for hydroxylation is 1. The van der Waals surface area contributed by atoms with Crippen LogP contribution in [0.15, 0.2) is 29.3 Å². The number of rotatable bonds is 8. The quantitative estimate of drug-likeness (QED) is 0.384. The summed E-state index contributed by atoms with van der Waals surface area (Å²) in [5, 5.41) is 15.3. The van der Waals surface area contributed by atoms with E-state index in [4.69, 9.17) is 14.5 Å². The number of nitrogens with zero attached hydrogens (tertiary/aromatic N) is 5. The second-order valence-corrected chi connectivity index (χ2v) is 7.44. The highest BCUT2D eigenvalue weighted by Gasteiger charge is 2.21. The maximum atomic E-state index is 5.38. The lowest BCUT2D eigenvalue weighted by molar-refractivity contribution is 0.203. The lowest BCUT2D eigenvalue weighted by atomic mass is 10.0. The van der Waals surface area contributed by atoms with Crippen LogP contribution in [0, 0.1) is 6.92 Å². The lowest BCUT2D eigenvalue weighted by Crippen LogP contribution is -2.51. The molecule has 1 saturated heterocycles. The fraction of sp³-hybridized carbons (Fsp3) is 0.571. The molecule has 2 heterocycles. The molecule has 1 aliphatic heterocycles. The number of aromatic nitrogens is 3. The van der Waals surface area contributed by atoms with Gasteiger partial charge in [-0.1, -0.05) is 6.07 Å². The van der Waals surface area contributed by atoms with E-state index in [0.29, 0.717) is 25.7 Å². The highest BCUT2D eigenvalue weighted by molar-refractivity contribution is 5.80. The lowest BCUT2D eigenvalue weighted by Gasteiger charge is -2.35. The molecule has 0 amide bonds. The van der Waals surface area contributed by atoms with Gasteiger partial charge in [0, 0.05) is 51.6 Å². The Bertz CT molecular complexity index is 837. The number of ether oxygens (including phenoxy) is 2. The van der Waals surface area contributed by atoms with Crippen LogP contribution in [0.1, 0.15) is 24.5 Å². The van der Waals surface area contributed by atoms with E-state index < -0.39 is 0 Å². The van der Waals surface area contributed by atoms with Crippen LogP contribution < -0.4 is 20.3 Å². The molecule has 1 aromatic carbocycles. The minimum absolute atomic E-state index is 0.292. The highest BCUT2D eigenvalue weighted by Crippen LogP contribution is 2.24. The Morgan fingerprint density at radius 2 is 2.17 bits per heavy atom. The van der Waals surface area contributed by atoms with Crippen molar-refractivity contribution >= 4 is 11.6 Å². The van der Waals surface area contributed by atoms with Gasteiger partial charge in [-0.3, -0.25) is 0 Å². The van der Waals surface area contributed by atoms with E-state index in [1.165, 1.54) is 5.69 Å². The zero-order valence-electron chi connectivity index (χ0n) is 18.4. The number of hydrogen-bond acceptors (Lipinski definition) is 6. The largest absolute Gasteiger partial charge is 0.497 e. The molecule has 0 bridgehead atoms. The molecule has 3 rings (SSSR count). The van der Waals surface area contributed by atoms with Gasteiger partial charge in [0.15, 0.2) is 11.8 Å². The van der Waals surface area contributed by atoms with E-state index in [1.54, 1.807) is 14.2 Å². The molecule has 1 atom stereocenters. The number of benzene rings is 1. The Kier molecular flexibility index (Phi) is 7.89. The van der Waals surface area contributed by atoms with E-state index in [1.807, 2.05) is 30.7 Å². The van der Waals surface area contributed by atoms with Crippen LogP contribution >= 0.6 is 0 Å². The Hall–Kier alpha value is -2.81. The van der Waals surface area contributed by atoms with Gasteiger partial charge < -0.3 is 29.6 Å². The predicted octanol–water partition coefficient (Wildman–Crippen LogP) is 1.48. The van der Waals surface area contributed by atoms with Gasteiger partial charge in [0.1, 0.15) is 18.1 Å². The number of piperidine rings is 1. The van der Waals surface area contributed by atoms with Crippen molar-refractivity contribution < 1.29 is 9.47 Å². The van der Waals surface area contributed by atoms with E-state index in [9.17, 15) is 0 Å². The van der Waals surface area contributed by atoms with Gasteiger partial charge in [0.25, 0.3) is 0 Å². The molecule has 1 fully saturated rings. The zero-order chi connectivity index (χ0) is 21.3. The molecule has 1 aliphatic rings. The summed E-state index contributed by atoms with van der Waals surface area (Å²) in [4.78, 5) is 7.13. The predicted molar refractivity (Wildman–Crippen MR) is 118 cm³/mol. The summed E-state index contributed by atoms with van der Waals surface area (Å²) in [5.41, 5.74) is 1.18. The number of methoxy groups -OCH3 is 2. The van der Waals surface area contributed by atoms with Gasteiger partial charge in [-0.25, -0.2) is 4.99 Å². The van der Waals surface area contributed by atoms with Gasteiger partial charge in [0.2, 0.25) is 0 Å². The number of aliphatic imine (C=N–C) groups is 1. The Balaban J connectivity index is 1.66. The first-order chi connectivity index (χ1) is 14.6. The van der Waals surface area contributed by atoms with Crippen molar-refractivity contribution in [2.75, 3.05) is 45.4 Å². The summed E-state index contributed by atoms with van der Waals surface area (Å²) in [6, 6.07) is 8.52. The standard InChI is InChI=1S/C21H33N7O2/c1-16-25-26-20(27(16)2)14-23-21(22-10-12-29-3)24-17-7-6-11-28(15-17)18-8-5-9-19(13-18)30-4/h5,8-9,13,17H,6-7,10-12,14-15H2,1-4H3,(H2,22,23,24). The third-order valence-corrected chi connectivity index (χ3v) is 5.34. The molecule has 9 heteroatoms. The minimum Gasteiger partial charge on any atom is -0.497 e. The Morgan fingerprint density at radius 3 is 2.90 bits per heavy atom. The maximum absolute atomic E-state index is 5.38. The first-order valence-corrected chi connectivity index (χ1v) is 10.4. The third-order valence-electron chi connectivity index (χ3n) is 5.34. The molecule has 1 unspecified atom stereocenters. The maximum Gasteiger partial charge on any atom is 0.192 e. The molecule has 2 aromatic rings. The fourth-order valence-electron chi connectivity index (χ4n) is 3.49. The molecule has 164 valence electrons. The van der Waals surface area contributed by atoms with Crippen molar-refractivity contribution in [3.05, 3.63) is 35.9 Å². The average molecular weight is 416 g/mol. The summed E-state index contributed by atoms with van der Waals surface area (Å²) in [5.74, 6) is 3.36. The molecule has 0 saturated carbocycles. The minimum atomic E-state index is 0.292. The highest BCUT2D eigenvalue weighted by atomic mass is 16.5. The fourth-order valence-corrected chi connectivity index (χ4v) is 3.49. The molecule has 9 nitrogen and oxygen atoms in total. The smallest absolute Gasteiger partial charge is 0.192 e. The van der Waals surface area contributed by atoms with Crippen LogP contribution in [0.25, 0.3) is 0 Å². The Morgan fingerprint density at radius 1 is 1.30 bits per heavy atom. The van der Waals surface area contributed by atoms with Crippen LogP contribution in [-0.2, 0) is 18.3 Å². The normalized spacial score (nSPS) is 17.1. The number of nitrogens with one attached hydrogen (secondary N) is 2. The molecule has 0 radical (unpaired) electrons. The summed E-state index contributed by atoms with van der Waals surface area (Å²) < 4.78 is 12.5. The van der Waals surface area contributed by atoms with E-state index in [-0.39, 0.29) is 0 Å². The number of anilines is 1. The Labute approximate surface area is 178 Å². The second kappa shape index (κ2) is 10.8. The molecule has 2 N–H and O–H groups in total. The van der Waals surface area contributed by atoms with Crippen LogP contribution in [-0.4, -0.2) is 67.2 Å². The van der Waals surface area contributed by atoms with E-state index in [0.717, 1.165) is 49.3 Å². The van der Waals surface area contributed by atoms with Crippen molar-refractivity contribution in [2.45, 2.75) is 32.4 Å². The van der Waals surface area contributed by atoms with Crippen molar-refractivity contribution in [2.24, 2.45) is 12.0 Å². The zero-order valence-corrected chi connectivity index (χ0v) is 18.4. The third kappa shape index (κ3) is 5.85. The second-order valence-electron chi connectivity index (χ2n) is 7.44. The molecule has 30 heavy (non-hydrogen) atoms. The van der Waals surface area contributed by atoms with Gasteiger partial charge in [-0.2, -0.15) is 0 Å². The van der Waals surface area contributed by atoms with Crippen LogP contribution in [0.3, 0.4) is 0 Å². The van der Waals surface area contributed by atoms with Crippen LogP contribution in [0.5, 0.6) is 5.75 Å². The van der Waals surface area contributed by atoms with Crippen molar-refractivity contribution in [3.63, 3.8) is 0 Å². The van der Waals surface area contributed by atoms with E-state index >= 15 is 0 Å². The monoisotopic (exact) mass is 415 g/mol. The molecule has 0 aliphatic carbocycles. The summed E-state index contributed by atoms with van der Waals surface area (Å²) >= 11 is 0. The average Bonchev–Trinajstić information content (AvgIpc) is 3.10. The van der Waals surface area contributed by atoms with E-state index in [2.05, 4.69) is 37.9 Å². The van der Waals surface area contributed by atoms with Crippen molar-refractivity contribution in [1.29, 1.82) is 0 Å². The van der Waals surface area contributed by atoms with Crippen LogP contribution in [0.4, 0.5) is 5.69 Å². The number of hydrogen-bond donors (Lipinski definition) is 2. The van der Waals surface area contributed by atoms with Gasteiger partial charge in [-0.05, 0) is 31.9 Å². The topological polar surface area (TPSA) is 88.8 Å². The van der Waals surface area contributed by atoms with Gasteiger partial charge in [-0.15, -0.1) is 10.2 Å². The SMILES string of the molecule is COCCNC(=NCc1nnc(C)n1C)NC1CCCN(c2cccc(OC)c2)C1. The summed E-state index contributed by atoms with van der Waals surface area (Å²) in [6.07, 6.45) is 2.21. The van der Waals surface area contributed by atoms with Crippen molar-refractivity contribution in [1.82, 2.24) is 25.4 Å². The molecule has 0 spiro atoms. The van der Waals surface area contributed by atoms with Gasteiger partial charge >= 0.3 is 0 Å². The first kappa shape index (κ1) is 21.9. The summed E-state index contributed by atoms with van der Waals surface area (Å²) in [7, 11) is 5.35. The summed E-state index contributed by atoms with van der Waals surface area (Å²) in [6.45, 7) is 5.64.